The van der Waals surface area contributed by atoms with E-state index in [0.29, 0.717) is 18.1 Å². The van der Waals surface area contributed by atoms with Crippen molar-refractivity contribution in [2.24, 2.45) is 4.99 Å². The van der Waals surface area contributed by atoms with Crippen LogP contribution >= 0.6 is 0 Å². The molecular formula is C12H11N5O2. The summed E-state index contributed by atoms with van der Waals surface area (Å²) in [6.07, 6.45) is 8.04. The molecule has 1 unspecified atom stereocenters. The van der Waals surface area contributed by atoms with Gasteiger partial charge in [0.2, 0.25) is 5.95 Å². The van der Waals surface area contributed by atoms with Gasteiger partial charge in [-0.2, -0.15) is 0 Å². The average Bonchev–Trinajstić information content (AvgIpc) is 2.82. The van der Waals surface area contributed by atoms with Crippen LogP contribution in [0.1, 0.15) is 6.42 Å². The third kappa shape index (κ3) is 2.17. The Hall–Kier alpha value is -2.70. The summed E-state index contributed by atoms with van der Waals surface area (Å²) < 4.78 is 0. The Kier molecular flexibility index (Phi) is 2.71. The lowest BCUT2D eigenvalue weighted by atomic mass is 10.0. The number of nitrogens with one attached hydrogen (secondary N) is 1. The lowest BCUT2D eigenvalue weighted by Gasteiger charge is -2.21. The first-order valence-electron chi connectivity index (χ1n) is 5.74. The highest BCUT2D eigenvalue weighted by Gasteiger charge is 2.29. The van der Waals surface area contributed by atoms with E-state index >= 15 is 0 Å². The summed E-state index contributed by atoms with van der Waals surface area (Å²) >= 11 is 0. The van der Waals surface area contributed by atoms with Gasteiger partial charge in [0, 0.05) is 24.5 Å². The van der Waals surface area contributed by atoms with Crippen molar-refractivity contribution in [1.82, 2.24) is 15.3 Å². The molecule has 1 atom stereocenters. The first-order valence-corrected chi connectivity index (χ1v) is 5.74. The number of fused-ring (bicyclic) bond motifs is 1. The molecule has 7 heteroatoms. The van der Waals surface area contributed by atoms with Crippen molar-refractivity contribution in [3.05, 3.63) is 42.0 Å². The Morgan fingerprint density at radius 1 is 1.37 bits per heavy atom. The lowest BCUT2D eigenvalue weighted by molar-refractivity contribution is 0.197. The van der Waals surface area contributed by atoms with Gasteiger partial charge in [-0.15, -0.1) is 0 Å². The van der Waals surface area contributed by atoms with Crippen molar-refractivity contribution in [2.45, 2.75) is 12.5 Å². The normalized spacial score (nSPS) is 20.6. The van der Waals surface area contributed by atoms with Crippen molar-refractivity contribution < 1.29 is 9.90 Å². The topological polar surface area (TPSA) is 90.7 Å². The number of anilines is 1. The molecule has 0 spiro atoms. The molecule has 0 saturated heterocycles. The third-order valence-electron chi connectivity index (χ3n) is 2.89. The number of rotatable bonds is 2. The Balaban J connectivity index is 1.85. The van der Waals surface area contributed by atoms with Crippen LogP contribution in [0.15, 0.2) is 47.0 Å². The number of nitrogens with zero attached hydrogens (tertiary/aromatic N) is 4. The number of carbonyl (C=O) groups is 1. The van der Waals surface area contributed by atoms with E-state index in [0.717, 1.165) is 5.70 Å². The van der Waals surface area contributed by atoms with Crippen molar-refractivity contribution in [3.63, 3.8) is 0 Å². The smallest absolute Gasteiger partial charge is 0.408 e. The molecule has 7 nitrogen and oxygen atoms in total. The summed E-state index contributed by atoms with van der Waals surface area (Å²) in [5.41, 5.74) is 1.58. The van der Waals surface area contributed by atoms with E-state index in [9.17, 15) is 4.79 Å². The number of hydrogen-bond acceptors (Lipinski definition) is 5. The minimum Gasteiger partial charge on any atom is -0.465 e. The molecule has 1 amide bonds. The summed E-state index contributed by atoms with van der Waals surface area (Å²) in [6.45, 7) is 0. The van der Waals surface area contributed by atoms with Gasteiger partial charge in [0.25, 0.3) is 0 Å². The molecule has 1 aliphatic heterocycles. The van der Waals surface area contributed by atoms with E-state index < -0.39 is 6.09 Å². The van der Waals surface area contributed by atoms with Crippen LogP contribution in [0.2, 0.25) is 0 Å². The van der Waals surface area contributed by atoms with E-state index in [4.69, 9.17) is 5.11 Å². The fraction of sp³-hybridized carbons (Fsp3) is 0.167. The molecule has 1 aromatic rings. The maximum absolute atomic E-state index is 10.6. The molecule has 19 heavy (non-hydrogen) atoms. The van der Waals surface area contributed by atoms with Crippen molar-refractivity contribution >= 4 is 18.4 Å². The van der Waals surface area contributed by atoms with E-state index in [1.807, 2.05) is 6.08 Å². The van der Waals surface area contributed by atoms with Crippen LogP contribution in [-0.4, -0.2) is 33.5 Å². The van der Waals surface area contributed by atoms with Gasteiger partial charge in [-0.25, -0.2) is 14.8 Å². The van der Waals surface area contributed by atoms with Gasteiger partial charge in [0.05, 0.1) is 18.1 Å². The highest BCUT2D eigenvalue weighted by atomic mass is 16.4. The molecule has 1 aromatic heterocycles. The second-order valence-corrected chi connectivity index (χ2v) is 4.12. The van der Waals surface area contributed by atoms with Gasteiger partial charge >= 0.3 is 6.09 Å². The van der Waals surface area contributed by atoms with E-state index in [1.54, 1.807) is 35.8 Å². The highest BCUT2D eigenvalue weighted by molar-refractivity contribution is 5.85. The molecule has 2 N–H and O–H groups in total. The fourth-order valence-corrected chi connectivity index (χ4v) is 2.07. The van der Waals surface area contributed by atoms with Crippen molar-refractivity contribution in [1.29, 1.82) is 0 Å². The molecule has 0 aromatic carbocycles. The van der Waals surface area contributed by atoms with E-state index in [1.165, 1.54) is 0 Å². The Bertz CT molecular complexity index is 593. The number of amides is 1. The molecule has 0 radical (unpaired) electrons. The van der Waals surface area contributed by atoms with Crippen molar-refractivity contribution in [2.75, 3.05) is 4.90 Å². The molecule has 0 saturated carbocycles. The Labute approximate surface area is 109 Å². The molecule has 96 valence electrons. The van der Waals surface area contributed by atoms with Crippen LogP contribution in [0.25, 0.3) is 0 Å². The quantitative estimate of drug-likeness (QED) is 0.828. The number of carboxylic acid groups (broad SMARTS) is 1. The number of allylic oxidation sites excluding steroid dienone is 2. The summed E-state index contributed by atoms with van der Waals surface area (Å²) in [6, 6.07) is 1.66. The summed E-state index contributed by atoms with van der Waals surface area (Å²) in [5.74, 6) is 0.558. The van der Waals surface area contributed by atoms with Gasteiger partial charge in [-0.3, -0.25) is 15.2 Å². The van der Waals surface area contributed by atoms with Crippen LogP contribution in [-0.2, 0) is 0 Å². The average molecular weight is 257 g/mol. The SMILES string of the molecule is O=C(O)NC1=CC=C2C(C1)N=CN2c1ncccn1. The fourth-order valence-electron chi connectivity index (χ4n) is 2.07. The largest absolute Gasteiger partial charge is 0.465 e. The zero-order valence-corrected chi connectivity index (χ0v) is 9.89. The summed E-state index contributed by atoms with van der Waals surface area (Å²) in [4.78, 5) is 25.1. The Morgan fingerprint density at radius 3 is 2.89 bits per heavy atom. The summed E-state index contributed by atoms with van der Waals surface area (Å²) in [7, 11) is 0. The van der Waals surface area contributed by atoms with Gasteiger partial charge in [-0.1, -0.05) is 0 Å². The predicted octanol–water partition coefficient (Wildman–Crippen LogP) is 1.13. The molecule has 2 heterocycles. The first kappa shape index (κ1) is 11.4. The number of hydrogen-bond donors (Lipinski definition) is 2. The molecule has 0 bridgehead atoms. The minimum atomic E-state index is -1.06. The zero-order valence-electron chi connectivity index (χ0n) is 9.89. The van der Waals surface area contributed by atoms with Crippen LogP contribution in [0, 0.1) is 0 Å². The van der Waals surface area contributed by atoms with Crippen LogP contribution < -0.4 is 10.2 Å². The molecule has 2 aliphatic rings. The second kappa shape index (κ2) is 4.52. The van der Waals surface area contributed by atoms with Gasteiger partial charge in [0.1, 0.15) is 0 Å². The number of aromatic nitrogens is 2. The second-order valence-electron chi connectivity index (χ2n) is 4.12. The van der Waals surface area contributed by atoms with E-state index in [-0.39, 0.29) is 6.04 Å². The van der Waals surface area contributed by atoms with Gasteiger partial charge in [-0.05, 0) is 18.2 Å². The van der Waals surface area contributed by atoms with Gasteiger partial charge < -0.3 is 5.11 Å². The monoisotopic (exact) mass is 257 g/mol. The van der Waals surface area contributed by atoms with Crippen LogP contribution in [0.3, 0.4) is 0 Å². The predicted molar refractivity (Wildman–Crippen MR) is 68.7 cm³/mol. The summed E-state index contributed by atoms with van der Waals surface area (Å²) in [5, 5.41) is 11.1. The van der Waals surface area contributed by atoms with Gasteiger partial charge in [0.15, 0.2) is 0 Å². The van der Waals surface area contributed by atoms with Crippen LogP contribution in [0.5, 0.6) is 0 Å². The maximum atomic E-state index is 10.6. The lowest BCUT2D eigenvalue weighted by Crippen LogP contribution is -2.28. The van der Waals surface area contributed by atoms with Crippen molar-refractivity contribution in [3.8, 4) is 0 Å². The maximum Gasteiger partial charge on any atom is 0.408 e. The zero-order chi connectivity index (χ0) is 13.2. The molecule has 1 aliphatic carbocycles. The third-order valence-corrected chi connectivity index (χ3v) is 2.89. The Morgan fingerprint density at radius 2 is 2.16 bits per heavy atom. The first-order chi connectivity index (χ1) is 9.24. The molecule has 0 fully saturated rings. The molecular weight excluding hydrogens is 246 g/mol. The standard InChI is InChI=1S/C12H11N5O2/c18-12(19)16-8-2-3-10-9(6-8)15-7-17(10)11-13-4-1-5-14-11/h1-5,7,9,16H,6H2,(H,18,19). The van der Waals surface area contributed by atoms with Crippen LogP contribution in [0.4, 0.5) is 10.7 Å². The van der Waals surface area contributed by atoms with E-state index in [2.05, 4.69) is 20.3 Å². The minimum absolute atomic E-state index is 0.0874. The highest BCUT2D eigenvalue weighted by Crippen LogP contribution is 2.29. The number of aliphatic imine (C=N–C) groups is 1. The molecule has 3 rings (SSSR count).